The Morgan fingerprint density at radius 1 is 1.02 bits per heavy atom. The molecule has 2 fully saturated rings. The van der Waals surface area contributed by atoms with Gasteiger partial charge in [-0.3, -0.25) is 19.1 Å². The number of hydrogen-bond donors (Lipinski definition) is 3. The van der Waals surface area contributed by atoms with Crippen LogP contribution in [0.2, 0.25) is 0 Å². The Morgan fingerprint density at radius 2 is 1.71 bits per heavy atom. The summed E-state index contributed by atoms with van der Waals surface area (Å²) in [6.45, 7) is 3.67. The minimum absolute atomic E-state index is 0.0238. The van der Waals surface area contributed by atoms with E-state index in [0.29, 0.717) is 5.56 Å². The fourth-order valence-electron chi connectivity index (χ4n) is 5.23. The number of nitrogens with zero attached hydrogens (tertiary/aromatic N) is 3. The lowest BCUT2D eigenvalue weighted by Crippen LogP contribution is -2.50. The van der Waals surface area contributed by atoms with Gasteiger partial charge >= 0.3 is 6.18 Å². The monoisotopic (exact) mass is 598 g/mol. The lowest BCUT2D eigenvalue weighted by molar-refractivity contribution is -0.144. The number of nitrogens with one attached hydrogen (secondary N) is 3. The van der Waals surface area contributed by atoms with E-state index in [1.807, 2.05) is 13.8 Å². The third-order valence-corrected chi connectivity index (χ3v) is 7.63. The molecule has 0 radical (unpaired) electrons. The van der Waals surface area contributed by atoms with Crippen LogP contribution in [0.15, 0.2) is 30.6 Å². The van der Waals surface area contributed by atoms with Crippen LogP contribution < -0.4 is 16.0 Å². The van der Waals surface area contributed by atoms with E-state index in [4.69, 9.17) is 0 Å². The number of carbonyl (C=O) groups is 3. The summed E-state index contributed by atoms with van der Waals surface area (Å²) < 4.78 is 67.0. The average Bonchev–Trinajstić information content (AvgIpc) is 3.63. The molecule has 3 N–H and O–H groups in total. The van der Waals surface area contributed by atoms with E-state index in [-0.39, 0.29) is 36.3 Å². The Morgan fingerprint density at radius 3 is 2.33 bits per heavy atom. The molecule has 0 aliphatic heterocycles. The van der Waals surface area contributed by atoms with Crippen molar-refractivity contribution in [3.63, 3.8) is 0 Å². The number of carbonyl (C=O) groups excluding carboxylic acids is 3. The Bertz CT molecular complexity index is 1270. The van der Waals surface area contributed by atoms with Gasteiger partial charge in [-0.05, 0) is 75.1 Å². The van der Waals surface area contributed by atoms with E-state index in [9.17, 15) is 36.3 Å². The standard InChI is InChI=1S/C28H35F5N6O3/c1-16(2)39-20(9-14-35-39)25(41)38-24(18-5-10-27(29,30)11-6-18)26(42)36-21-15-19(8-13-34-21)23(17-3-4-17)37-22(40)7-12-28(31,32)33/h8-9,13-18,23-24H,3-7,10-12H2,1-2H3,(H,37,40)(H,38,41)(H,34,36,42)/t23?,24-/m0/s1. The molecule has 4 rings (SSSR count). The van der Waals surface area contributed by atoms with Crippen LogP contribution in [0.25, 0.3) is 0 Å². The van der Waals surface area contributed by atoms with Crippen molar-refractivity contribution in [3.8, 4) is 0 Å². The molecule has 2 aliphatic rings. The number of aromatic nitrogens is 3. The Balaban J connectivity index is 1.50. The molecule has 2 heterocycles. The molecule has 2 aromatic rings. The molecule has 3 amide bonds. The second-order valence-corrected chi connectivity index (χ2v) is 11.4. The van der Waals surface area contributed by atoms with Crippen molar-refractivity contribution in [2.24, 2.45) is 11.8 Å². The lowest BCUT2D eigenvalue weighted by atomic mass is 9.81. The van der Waals surface area contributed by atoms with E-state index in [1.165, 1.54) is 29.2 Å². The molecule has 2 saturated carbocycles. The van der Waals surface area contributed by atoms with Gasteiger partial charge in [0.2, 0.25) is 17.7 Å². The predicted octanol–water partition coefficient (Wildman–Crippen LogP) is 5.33. The molecule has 230 valence electrons. The number of alkyl halides is 5. The van der Waals surface area contributed by atoms with E-state index in [2.05, 4.69) is 26.0 Å². The summed E-state index contributed by atoms with van der Waals surface area (Å²) in [5.41, 5.74) is 0.777. The van der Waals surface area contributed by atoms with Crippen LogP contribution in [-0.4, -0.2) is 50.6 Å². The van der Waals surface area contributed by atoms with Gasteiger partial charge in [-0.2, -0.15) is 18.3 Å². The molecule has 2 aromatic heterocycles. The van der Waals surface area contributed by atoms with Crippen molar-refractivity contribution in [2.75, 3.05) is 5.32 Å². The van der Waals surface area contributed by atoms with Gasteiger partial charge in [-0.25, -0.2) is 13.8 Å². The van der Waals surface area contributed by atoms with Gasteiger partial charge < -0.3 is 16.0 Å². The summed E-state index contributed by atoms with van der Waals surface area (Å²) in [4.78, 5) is 43.1. The maximum Gasteiger partial charge on any atom is 0.389 e. The molecule has 0 bridgehead atoms. The van der Waals surface area contributed by atoms with Gasteiger partial charge in [0.25, 0.3) is 5.91 Å². The largest absolute Gasteiger partial charge is 0.389 e. The number of pyridine rings is 1. The average molecular weight is 599 g/mol. The first-order valence-corrected chi connectivity index (χ1v) is 14.1. The van der Waals surface area contributed by atoms with Crippen LogP contribution in [0.3, 0.4) is 0 Å². The summed E-state index contributed by atoms with van der Waals surface area (Å²) in [5.74, 6) is -5.21. The fourth-order valence-corrected chi connectivity index (χ4v) is 5.23. The van der Waals surface area contributed by atoms with Gasteiger partial charge in [0, 0.05) is 37.7 Å². The lowest BCUT2D eigenvalue weighted by Gasteiger charge is -2.33. The molecule has 42 heavy (non-hydrogen) atoms. The number of amides is 3. The molecule has 1 unspecified atom stereocenters. The maximum atomic E-state index is 13.9. The summed E-state index contributed by atoms with van der Waals surface area (Å²) in [7, 11) is 0. The quantitative estimate of drug-likeness (QED) is 0.302. The summed E-state index contributed by atoms with van der Waals surface area (Å²) in [5, 5.41) is 12.2. The maximum absolute atomic E-state index is 13.9. The van der Waals surface area contributed by atoms with Gasteiger partial charge in [0.05, 0.1) is 12.5 Å². The molecule has 0 spiro atoms. The van der Waals surface area contributed by atoms with E-state index in [1.54, 1.807) is 6.07 Å². The van der Waals surface area contributed by atoms with Crippen LogP contribution in [0.5, 0.6) is 0 Å². The van der Waals surface area contributed by atoms with Crippen LogP contribution in [-0.2, 0) is 9.59 Å². The van der Waals surface area contributed by atoms with Crippen molar-refractivity contribution < 1.29 is 36.3 Å². The highest BCUT2D eigenvalue weighted by Gasteiger charge is 2.41. The van der Waals surface area contributed by atoms with Crippen molar-refractivity contribution in [3.05, 3.63) is 41.9 Å². The first-order chi connectivity index (χ1) is 19.7. The van der Waals surface area contributed by atoms with Gasteiger partial charge in [0.1, 0.15) is 17.6 Å². The first-order valence-electron chi connectivity index (χ1n) is 14.1. The normalized spacial score (nSPS) is 18.8. The van der Waals surface area contributed by atoms with Gasteiger partial charge in [-0.15, -0.1) is 0 Å². The molecule has 9 nitrogen and oxygen atoms in total. The predicted molar refractivity (Wildman–Crippen MR) is 143 cm³/mol. The number of hydrogen-bond acceptors (Lipinski definition) is 5. The van der Waals surface area contributed by atoms with Crippen molar-refractivity contribution in [2.45, 2.75) is 95.4 Å². The van der Waals surface area contributed by atoms with Crippen LogP contribution >= 0.6 is 0 Å². The third-order valence-electron chi connectivity index (χ3n) is 7.63. The van der Waals surface area contributed by atoms with Crippen molar-refractivity contribution in [1.29, 1.82) is 0 Å². The minimum Gasteiger partial charge on any atom is -0.349 e. The highest BCUT2D eigenvalue weighted by atomic mass is 19.4. The fraction of sp³-hybridized carbons (Fsp3) is 0.607. The summed E-state index contributed by atoms with van der Waals surface area (Å²) in [6.07, 6.45) is -2.73. The van der Waals surface area contributed by atoms with Gasteiger partial charge in [-0.1, -0.05) is 0 Å². The van der Waals surface area contributed by atoms with E-state index in [0.717, 1.165) is 12.8 Å². The Kier molecular flexibility index (Phi) is 9.51. The molecule has 2 atom stereocenters. The molecular formula is C28H35F5N6O3. The second-order valence-electron chi connectivity index (χ2n) is 11.4. The van der Waals surface area contributed by atoms with Crippen molar-refractivity contribution in [1.82, 2.24) is 25.4 Å². The summed E-state index contributed by atoms with van der Waals surface area (Å²) in [6, 6.07) is 2.80. The SMILES string of the molecule is CC(C)n1nccc1C(=O)N[C@H](C(=O)Nc1cc(C(NC(=O)CCC(F)(F)F)C2CC2)ccn1)C1CCC(F)(F)CC1. The molecule has 2 aliphatic carbocycles. The minimum atomic E-state index is -4.45. The molecule has 0 aromatic carbocycles. The highest BCUT2D eigenvalue weighted by molar-refractivity contribution is 6.00. The molecule has 0 saturated heterocycles. The zero-order valence-corrected chi connectivity index (χ0v) is 23.4. The topological polar surface area (TPSA) is 118 Å². The van der Waals surface area contributed by atoms with Crippen LogP contribution in [0, 0.1) is 11.8 Å². The molecule has 14 heteroatoms. The highest BCUT2D eigenvalue weighted by Crippen LogP contribution is 2.42. The smallest absolute Gasteiger partial charge is 0.349 e. The third kappa shape index (κ3) is 8.48. The number of anilines is 1. The van der Waals surface area contributed by atoms with Crippen LogP contribution in [0.4, 0.5) is 27.8 Å². The second kappa shape index (κ2) is 12.7. The summed E-state index contributed by atoms with van der Waals surface area (Å²) >= 11 is 0. The zero-order valence-electron chi connectivity index (χ0n) is 23.4. The number of halogens is 5. The van der Waals surface area contributed by atoms with Gasteiger partial charge in [0.15, 0.2) is 0 Å². The number of rotatable bonds is 11. The van der Waals surface area contributed by atoms with Crippen molar-refractivity contribution >= 4 is 23.5 Å². The van der Waals surface area contributed by atoms with Crippen LogP contribution in [0.1, 0.15) is 93.3 Å². The first kappa shape index (κ1) is 31.4. The van der Waals surface area contributed by atoms with E-state index >= 15 is 0 Å². The molecular weight excluding hydrogens is 563 g/mol. The van der Waals surface area contributed by atoms with E-state index < -0.39 is 73.5 Å². The Labute approximate surface area is 240 Å². The zero-order chi connectivity index (χ0) is 30.7. The Hall–Kier alpha value is -3.58.